The number of nitriles is 1. The van der Waals surface area contributed by atoms with Gasteiger partial charge in [0, 0.05) is 18.8 Å². The molecule has 0 unspecified atom stereocenters. The molecule has 3 rings (SSSR count). The van der Waals surface area contributed by atoms with E-state index in [1.165, 1.54) is 12.7 Å². The first-order valence-electron chi connectivity index (χ1n) is 8.56. The van der Waals surface area contributed by atoms with Crippen LogP contribution >= 0.6 is 0 Å². The highest BCUT2D eigenvalue weighted by Crippen LogP contribution is 2.31. The van der Waals surface area contributed by atoms with E-state index in [-0.39, 0.29) is 5.97 Å². The molecule has 0 N–H and O–H groups in total. The van der Waals surface area contributed by atoms with Crippen LogP contribution in [0.2, 0.25) is 0 Å². The minimum absolute atomic E-state index is 0.190. The number of fused-ring (bicyclic) bond motifs is 1. The predicted octanol–water partition coefficient (Wildman–Crippen LogP) is 4.29. The molecule has 0 aromatic heterocycles. The second kappa shape index (κ2) is 8.26. The molecule has 2 aromatic rings. The van der Waals surface area contributed by atoms with Gasteiger partial charge in [-0.25, -0.2) is 0 Å². The molecular formula is C20H20N4O2. The molecule has 1 heterocycles. The molecule has 1 aliphatic rings. The van der Waals surface area contributed by atoms with Crippen molar-refractivity contribution in [1.82, 2.24) is 0 Å². The Hall–Kier alpha value is -3.20. The fraction of sp³-hybridized carbons (Fsp3) is 0.300. The summed E-state index contributed by atoms with van der Waals surface area (Å²) in [6.07, 6.45) is 2.42. The van der Waals surface area contributed by atoms with Crippen LogP contribution in [0.25, 0.3) is 0 Å². The lowest BCUT2D eigenvalue weighted by molar-refractivity contribution is -0.140. The average Bonchev–Trinajstić information content (AvgIpc) is 2.70. The molecule has 0 bridgehead atoms. The molecule has 0 atom stereocenters. The number of aryl methyl sites for hydroxylation is 1. The zero-order chi connectivity index (χ0) is 18.4. The highest BCUT2D eigenvalue weighted by molar-refractivity contribution is 5.70. The van der Waals surface area contributed by atoms with Crippen molar-refractivity contribution >= 4 is 23.0 Å². The van der Waals surface area contributed by atoms with Crippen LogP contribution in [-0.2, 0) is 16.0 Å². The summed E-state index contributed by atoms with van der Waals surface area (Å²) in [6, 6.07) is 15.1. The van der Waals surface area contributed by atoms with Crippen LogP contribution in [-0.4, -0.2) is 26.2 Å². The fourth-order valence-electron chi connectivity index (χ4n) is 3.00. The highest BCUT2D eigenvalue weighted by Gasteiger charge is 2.18. The predicted molar refractivity (Wildman–Crippen MR) is 98.9 cm³/mol. The molecular weight excluding hydrogens is 328 g/mol. The summed E-state index contributed by atoms with van der Waals surface area (Å²) >= 11 is 0. The zero-order valence-electron chi connectivity index (χ0n) is 14.7. The van der Waals surface area contributed by atoms with Gasteiger partial charge < -0.3 is 9.64 Å². The monoisotopic (exact) mass is 348 g/mol. The summed E-state index contributed by atoms with van der Waals surface area (Å²) in [6.45, 7) is 1.60. The first-order chi connectivity index (χ1) is 12.7. The van der Waals surface area contributed by atoms with Gasteiger partial charge in [0.05, 0.1) is 36.5 Å². The summed E-state index contributed by atoms with van der Waals surface area (Å²) < 4.78 is 4.73. The Morgan fingerprint density at radius 1 is 1.19 bits per heavy atom. The number of ether oxygens (including phenoxy) is 1. The first-order valence-corrected chi connectivity index (χ1v) is 8.56. The molecule has 0 fully saturated rings. The number of anilines is 1. The number of methoxy groups -OCH3 is 1. The molecule has 26 heavy (non-hydrogen) atoms. The molecule has 2 aromatic carbocycles. The summed E-state index contributed by atoms with van der Waals surface area (Å²) in [4.78, 5) is 13.6. The number of esters is 1. The average molecular weight is 348 g/mol. The third kappa shape index (κ3) is 4.25. The maximum atomic E-state index is 11.4. The van der Waals surface area contributed by atoms with Crippen LogP contribution in [0, 0.1) is 11.3 Å². The van der Waals surface area contributed by atoms with Gasteiger partial charge in [-0.3, -0.25) is 4.79 Å². The normalized spacial score (nSPS) is 13.3. The Kier molecular flexibility index (Phi) is 5.59. The smallest absolute Gasteiger partial charge is 0.307 e. The summed E-state index contributed by atoms with van der Waals surface area (Å²) in [5.74, 6) is -0.190. The van der Waals surface area contributed by atoms with Crippen molar-refractivity contribution in [3.63, 3.8) is 0 Å². The molecule has 0 spiro atoms. The van der Waals surface area contributed by atoms with Crippen molar-refractivity contribution in [2.75, 3.05) is 25.1 Å². The number of benzene rings is 2. The third-order valence-corrected chi connectivity index (χ3v) is 4.37. The number of azo groups is 1. The molecule has 6 heteroatoms. The van der Waals surface area contributed by atoms with Crippen molar-refractivity contribution in [3.8, 4) is 6.07 Å². The van der Waals surface area contributed by atoms with E-state index < -0.39 is 0 Å². The van der Waals surface area contributed by atoms with Gasteiger partial charge >= 0.3 is 5.97 Å². The second-order valence-corrected chi connectivity index (χ2v) is 6.09. The third-order valence-electron chi connectivity index (χ3n) is 4.37. The Labute approximate surface area is 152 Å². The summed E-state index contributed by atoms with van der Waals surface area (Å²) in [5.41, 5.74) is 4.48. The first kappa shape index (κ1) is 17.6. The molecule has 0 aliphatic carbocycles. The lowest BCUT2D eigenvalue weighted by Gasteiger charge is -2.31. The molecule has 0 saturated carbocycles. The van der Waals surface area contributed by atoms with Gasteiger partial charge in [-0.2, -0.15) is 15.5 Å². The van der Waals surface area contributed by atoms with E-state index in [1.54, 1.807) is 24.3 Å². The largest absolute Gasteiger partial charge is 0.469 e. The second-order valence-electron chi connectivity index (χ2n) is 6.09. The van der Waals surface area contributed by atoms with Crippen molar-refractivity contribution < 1.29 is 9.53 Å². The van der Waals surface area contributed by atoms with Crippen LogP contribution in [0.3, 0.4) is 0 Å². The zero-order valence-corrected chi connectivity index (χ0v) is 14.7. The Morgan fingerprint density at radius 2 is 1.92 bits per heavy atom. The molecule has 0 amide bonds. The van der Waals surface area contributed by atoms with E-state index in [2.05, 4.69) is 21.2 Å². The SMILES string of the molecule is COC(=O)CCN1CCCc2cc(/N=N/c3ccc(C#N)cc3)ccc21. The van der Waals surface area contributed by atoms with Crippen LogP contribution < -0.4 is 4.90 Å². The highest BCUT2D eigenvalue weighted by atomic mass is 16.5. The van der Waals surface area contributed by atoms with Crippen LogP contribution in [0.5, 0.6) is 0 Å². The van der Waals surface area contributed by atoms with Crippen LogP contribution in [0.1, 0.15) is 24.0 Å². The quantitative estimate of drug-likeness (QED) is 0.596. The maximum absolute atomic E-state index is 11.4. The standard InChI is InChI=1S/C20H20N4O2/c1-26-20(25)10-12-24-11-2-3-16-13-18(8-9-19(16)24)23-22-17-6-4-15(14-21)5-7-17/h4-9,13H,2-3,10-12H2,1H3/b23-22+. The minimum Gasteiger partial charge on any atom is -0.469 e. The lowest BCUT2D eigenvalue weighted by atomic mass is 10.0. The van der Waals surface area contributed by atoms with Crippen LogP contribution in [0.4, 0.5) is 17.1 Å². The van der Waals surface area contributed by atoms with Gasteiger partial charge in [-0.1, -0.05) is 0 Å². The Balaban J connectivity index is 1.72. The number of rotatable bonds is 5. The van der Waals surface area contributed by atoms with E-state index in [1.807, 2.05) is 18.2 Å². The van der Waals surface area contributed by atoms with Gasteiger partial charge in [0.1, 0.15) is 0 Å². The topological polar surface area (TPSA) is 78.0 Å². The molecule has 6 nitrogen and oxygen atoms in total. The van der Waals surface area contributed by atoms with E-state index in [4.69, 9.17) is 10.00 Å². The molecule has 0 radical (unpaired) electrons. The van der Waals surface area contributed by atoms with Gasteiger partial charge in [0.2, 0.25) is 0 Å². The molecule has 132 valence electrons. The Morgan fingerprint density at radius 3 is 2.65 bits per heavy atom. The number of carbonyl (C=O) groups excluding carboxylic acids is 1. The minimum atomic E-state index is -0.190. The van der Waals surface area contributed by atoms with E-state index in [9.17, 15) is 4.79 Å². The summed E-state index contributed by atoms with van der Waals surface area (Å²) in [7, 11) is 1.41. The van der Waals surface area contributed by atoms with E-state index >= 15 is 0 Å². The van der Waals surface area contributed by atoms with Gasteiger partial charge in [0.25, 0.3) is 0 Å². The molecule has 0 saturated heterocycles. The van der Waals surface area contributed by atoms with Crippen molar-refractivity contribution in [1.29, 1.82) is 5.26 Å². The van der Waals surface area contributed by atoms with Gasteiger partial charge in [-0.05, 0) is 60.9 Å². The number of hydrogen-bond donors (Lipinski definition) is 0. The maximum Gasteiger partial charge on any atom is 0.307 e. The van der Waals surface area contributed by atoms with Gasteiger partial charge in [0.15, 0.2) is 0 Å². The van der Waals surface area contributed by atoms with Crippen molar-refractivity contribution in [2.24, 2.45) is 10.2 Å². The molecule has 1 aliphatic heterocycles. The van der Waals surface area contributed by atoms with Gasteiger partial charge in [-0.15, -0.1) is 0 Å². The van der Waals surface area contributed by atoms with Crippen molar-refractivity contribution in [2.45, 2.75) is 19.3 Å². The van der Waals surface area contributed by atoms with E-state index in [0.717, 1.165) is 30.8 Å². The Bertz CT molecular complexity index is 853. The number of carbonyl (C=O) groups is 1. The van der Waals surface area contributed by atoms with Crippen LogP contribution in [0.15, 0.2) is 52.7 Å². The lowest BCUT2D eigenvalue weighted by Crippen LogP contribution is -2.31. The number of hydrogen-bond acceptors (Lipinski definition) is 6. The summed E-state index contributed by atoms with van der Waals surface area (Å²) in [5, 5.41) is 17.4. The van der Waals surface area contributed by atoms with Crippen molar-refractivity contribution in [3.05, 3.63) is 53.6 Å². The fourth-order valence-corrected chi connectivity index (χ4v) is 3.00. The number of nitrogens with zero attached hydrogens (tertiary/aromatic N) is 4. The van der Waals surface area contributed by atoms with E-state index in [0.29, 0.717) is 24.2 Å².